The Balaban J connectivity index is 2.45. The Morgan fingerprint density at radius 3 is 2.94 bits per heavy atom. The lowest BCUT2D eigenvalue weighted by Gasteiger charge is -2.00. The van der Waals surface area contributed by atoms with Crippen LogP contribution in [0.25, 0.3) is 10.9 Å². The van der Waals surface area contributed by atoms with Gasteiger partial charge in [-0.3, -0.25) is 5.10 Å². The SMILES string of the molecule is CCOC(=O)c1n[nH]c2cc(B(O)O)ccc12. The number of fused-ring (bicyclic) bond motifs is 1. The molecule has 0 saturated carbocycles. The van der Waals surface area contributed by atoms with E-state index in [-0.39, 0.29) is 12.3 Å². The van der Waals surface area contributed by atoms with E-state index >= 15 is 0 Å². The Hall–Kier alpha value is -1.86. The zero-order chi connectivity index (χ0) is 12.4. The van der Waals surface area contributed by atoms with Gasteiger partial charge >= 0.3 is 13.1 Å². The highest BCUT2D eigenvalue weighted by Crippen LogP contribution is 2.15. The lowest BCUT2D eigenvalue weighted by molar-refractivity contribution is 0.0521. The van der Waals surface area contributed by atoms with Crippen molar-refractivity contribution in [1.29, 1.82) is 0 Å². The molecule has 0 bridgehead atoms. The maximum atomic E-state index is 11.5. The van der Waals surface area contributed by atoms with E-state index in [1.54, 1.807) is 13.0 Å². The zero-order valence-electron chi connectivity index (χ0n) is 9.17. The van der Waals surface area contributed by atoms with Crippen LogP contribution in [-0.4, -0.2) is 39.9 Å². The molecule has 0 aliphatic carbocycles. The molecule has 0 aliphatic rings. The van der Waals surface area contributed by atoms with Gasteiger partial charge < -0.3 is 14.8 Å². The molecule has 2 rings (SSSR count). The van der Waals surface area contributed by atoms with Gasteiger partial charge in [-0.1, -0.05) is 12.1 Å². The number of hydrogen-bond acceptors (Lipinski definition) is 5. The summed E-state index contributed by atoms with van der Waals surface area (Å²) in [6.07, 6.45) is 0. The lowest BCUT2D eigenvalue weighted by Crippen LogP contribution is -2.29. The number of benzene rings is 1. The number of ether oxygens (including phenoxy) is 1. The van der Waals surface area contributed by atoms with E-state index in [0.29, 0.717) is 16.4 Å². The van der Waals surface area contributed by atoms with Gasteiger partial charge in [-0.2, -0.15) is 5.10 Å². The standard InChI is InChI=1S/C10H11BN2O4/c1-2-17-10(14)9-7-4-3-6(11(15)16)5-8(7)12-13-9/h3-5,15-16H,2H2,1H3,(H,12,13). The van der Waals surface area contributed by atoms with Crippen molar-refractivity contribution in [2.45, 2.75) is 6.92 Å². The van der Waals surface area contributed by atoms with E-state index in [2.05, 4.69) is 10.2 Å². The molecule has 3 N–H and O–H groups in total. The second kappa shape index (κ2) is 4.56. The third kappa shape index (κ3) is 2.15. The molecule has 0 unspecified atom stereocenters. The van der Waals surface area contributed by atoms with E-state index in [0.717, 1.165) is 0 Å². The highest BCUT2D eigenvalue weighted by Gasteiger charge is 2.17. The average molecular weight is 234 g/mol. The van der Waals surface area contributed by atoms with Gasteiger partial charge in [-0.15, -0.1) is 0 Å². The van der Waals surface area contributed by atoms with Gasteiger partial charge in [-0.25, -0.2) is 4.79 Å². The Morgan fingerprint density at radius 2 is 2.29 bits per heavy atom. The predicted octanol–water partition coefficient (Wildman–Crippen LogP) is -0.581. The Bertz CT molecular complexity index is 552. The van der Waals surface area contributed by atoms with Crippen LogP contribution < -0.4 is 5.46 Å². The number of hydrogen-bond donors (Lipinski definition) is 3. The van der Waals surface area contributed by atoms with Crippen LogP contribution in [0.1, 0.15) is 17.4 Å². The number of nitrogens with one attached hydrogen (secondary N) is 1. The summed E-state index contributed by atoms with van der Waals surface area (Å²) < 4.78 is 4.85. The fraction of sp³-hybridized carbons (Fsp3) is 0.200. The molecule has 6 nitrogen and oxygen atoms in total. The summed E-state index contributed by atoms with van der Waals surface area (Å²) >= 11 is 0. The maximum absolute atomic E-state index is 11.5. The van der Waals surface area contributed by atoms with Gasteiger partial charge in [0.25, 0.3) is 0 Å². The first-order valence-electron chi connectivity index (χ1n) is 5.14. The molecular formula is C10H11BN2O4. The summed E-state index contributed by atoms with van der Waals surface area (Å²) in [7, 11) is -1.55. The molecule has 0 atom stereocenters. The van der Waals surface area contributed by atoms with E-state index in [9.17, 15) is 4.79 Å². The predicted molar refractivity (Wildman–Crippen MR) is 61.9 cm³/mol. The van der Waals surface area contributed by atoms with Crippen LogP contribution in [0.5, 0.6) is 0 Å². The molecule has 17 heavy (non-hydrogen) atoms. The molecule has 1 aromatic heterocycles. The minimum absolute atomic E-state index is 0.195. The van der Waals surface area contributed by atoms with Crippen LogP contribution in [0, 0.1) is 0 Å². The molecule has 1 heterocycles. The Kier molecular flexibility index (Phi) is 3.12. The number of aromatic amines is 1. The highest BCUT2D eigenvalue weighted by atomic mass is 16.5. The van der Waals surface area contributed by atoms with Crippen molar-refractivity contribution in [2.24, 2.45) is 0 Å². The van der Waals surface area contributed by atoms with Crippen molar-refractivity contribution >= 4 is 29.5 Å². The minimum Gasteiger partial charge on any atom is -0.461 e. The van der Waals surface area contributed by atoms with Gasteiger partial charge in [-0.05, 0) is 18.5 Å². The van der Waals surface area contributed by atoms with Gasteiger partial charge in [0.2, 0.25) is 0 Å². The third-order valence-corrected chi connectivity index (χ3v) is 2.35. The van der Waals surface area contributed by atoms with Gasteiger partial charge in [0.1, 0.15) is 0 Å². The first-order chi connectivity index (χ1) is 8.13. The molecule has 0 saturated heterocycles. The van der Waals surface area contributed by atoms with Gasteiger partial charge in [0.15, 0.2) is 5.69 Å². The summed E-state index contributed by atoms with van der Waals surface area (Å²) in [6, 6.07) is 4.64. The van der Waals surface area contributed by atoms with Crippen molar-refractivity contribution in [3.63, 3.8) is 0 Å². The number of carbonyl (C=O) groups excluding carboxylic acids is 1. The molecule has 0 amide bonds. The molecule has 0 fully saturated rings. The van der Waals surface area contributed by atoms with Gasteiger partial charge in [0, 0.05) is 5.39 Å². The number of H-pyrrole nitrogens is 1. The second-order valence-corrected chi connectivity index (χ2v) is 3.47. The molecule has 0 aliphatic heterocycles. The zero-order valence-corrected chi connectivity index (χ0v) is 9.17. The number of rotatable bonds is 3. The van der Waals surface area contributed by atoms with Crippen LogP contribution in [0.2, 0.25) is 0 Å². The summed E-state index contributed by atoms with van der Waals surface area (Å²) in [6.45, 7) is 1.99. The number of nitrogens with zero attached hydrogens (tertiary/aromatic N) is 1. The van der Waals surface area contributed by atoms with Crippen molar-refractivity contribution < 1.29 is 19.6 Å². The normalized spacial score (nSPS) is 10.5. The van der Waals surface area contributed by atoms with E-state index in [1.807, 2.05) is 0 Å². The number of esters is 1. The van der Waals surface area contributed by atoms with E-state index in [4.69, 9.17) is 14.8 Å². The molecule has 2 aromatic rings. The van der Waals surface area contributed by atoms with E-state index in [1.165, 1.54) is 12.1 Å². The summed E-state index contributed by atoms with van der Waals surface area (Å²) in [4.78, 5) is 11.5. The molecule has 1 aromatic carbocycles. The quantitative estimate of drug-likeness (QED) is 0.487. The fourth-order valence-corrected chi connectivity index (χ4v) is 1.55. The highest BCUT2D eigenvalue weighted by molar-refractivity contribution is 6.58. The first-order valence-corrected chi connectivity index (χ1v) is 5.14. The average Bonchev–Trinajstić information content (AvgIpc) is 2.71. The molecular weight excluding hydrogens is 223 g/mol. The Morgan fingerprint density at radius 1 is 1.53 bits per heavy atom. The maximum Gasteiger partial charge on any atom is 0.488 e. The van der Waals surface area contributed by atoms with Crippen LogP contribution in [-0.2, 0) is 4.74 Å². The van der Waals surface area contributed by atoms with E-state index < -0.39 is 13.1 Å². The first kappa shape index (κ1) is 11.6. The van der Waals surface area contributed by atoms with Crippen molar-refractivity contribution in [1.82, 2.24) is 10.2 Å². The molecule has 0 radical (unpaired) electrons. The number of aromatic nitrogens is 2. The number of carbonyl (C=O) groups is 1. The largest absolute Gasteiger partial charge is 0.488 e. The fourth-order valence-electron chi connectivity index (χ4n) is 1.55. The van der Waals surface area contributed by atoms with Crippen LogP contribution in [0.4, 0.5) is 0 Å². The topological polar surface area (TPSA) is 95.4 Å². The summed E-state index contributed by atoms with van der Waals surface area (Å²) in [5, 5.41) is 25.1. The third-order valence-electron chi connectivity index (χ3n) is 2.35. The Labute approximate surface area is 97.4 Å². The van der Waals surface area contributed by atoms with Crippen molar-refractivity contribution in [2.75, 3.05) is 6.61 Å². The smallest absolute Gasteiger partial charge is 0.461 e. The second-order valence-electron chi connectivity index (χ2n) is 3.47. The van der Waals surface area contributed by atoms with Gasteiger partial charge in [0.05, 0.1) is 12.1 Å². The van der Waals surface area contributed by atoms with Crippen LogP contribution in [0.15, 0.2) is 18.2 Å². The van der Waals surface area contributed by atoms with Crippen LogP contribution >= 0.6 is 0 Å². The monoisotopic (exact) mass is 234 g/mol. The molecule has 7 heteroatoms. The van der Waals surface area contributed by atoms with Crippen molar-refractivity contribution in [3.8, 4) is 0 Å². The molecule has 88 valence electrons. The molecule has 0 spiro atoms. The summed E-state index contributed by atoms with van der Waals surface area (Å²) in [5.74, 6) is -0.504. The summed E-state index contributed by atoms with van der Waals surface area (Å²) in [5.41, 5.74) is 1.08. The van der Waals surface area contributed by atoms with Crippen LogP contribution in [0.3, 0.4) is 0 Å². The lowest BCUT2D eigenvalue weighted by atomic mass is 9.80. The minimum atomic E-state index is -1.55. The van der Waals surface area contributed by atoms with Crippen molar-refractivity contribution in [3.05, 3.63) is 23.9 Å².